The van der Waals surface area contributed by atoms with Crippen molar-refractivity contribution in [2.45, 2.75) is 13.0 Å². The van der Waals surface area contributed by atoms with Crippen molar-refractivity contribution in [3.05, 3.63) is 61.5 Å². The number of hydrogen-bond donors (Lipinski definition) is 1. The lowest BCUT2D eigenvalue weighted by atomic mass is 10.1. The molecule has 0 aliphatic rings. The Hall–Kier alpha value is -0.550. The first-order chi connectivity index (χ1) is 9.60. The highest BCUT2D eigenvalue weighted by molar-refractivity contribution is 9.11. The number of nitrogens with two attached hydrogens (primary N) is 1. The van der Waals surface area contributed by atoms with Gasteiger partial charge in [-0.1, -0.05) is 23.7 Å². The van der Waals surface area contributed by atoms with Crippen LogP contribution in [-0.2, 0) is 13.0 Å². The fourth-order valence-electron chi connectivity index (χ4n) is 1.84. The molecule has 2 N–H and O–H groups in total. The van der Waals surface area contributed by atoms with Gasteiger partial charge in [-0.25, -0.2) is 0 Å². The van der Waals surface area contributed by atoms with Crippen molar-refractivity contribution in [1.29, 1.82) is 0 Å². The third-order valence-electron chi connectivity index (χ3n) is 2.76. The molecule has 0 spiro atoms. The Labute approximate surface area is 140 Å². The second-order valence-electron chi connectivity index (χ2n) is 4.35. The Bertz CT molecular complexity index is 581. The van der Waals surface area contributed by atoms with Crippen molar-refractivity contribution in [2.24, 2.45) is 5.73 Å². The topological polar surface area (TPSA) is 35.2 Å². The summed E-state index contributed by atoms with van der Waals surface area (Å²) < 4.78 is 7.69. The van der Waals surface area contributed by atoms with Gasteiger partial charge in [-0.3, -0.25) is 0 Å². The summed E-state index contributed by atoms with van der Waals surface area (Å²) in [6, 6.07) is 11.7. The molecule has 2 aromatic carbocycles. The van der Waals surface area contributed by atoms with Gasteiger partial charge in [0.25, 0.3) is 0 Å². The van der Waals surface area contributed by atoms with E-state index in [0.29, 0.717) is 18.2 Å². The molecular weight excluding hydrogens is 405 g/mol. The molecule has 0 unspecified atom stereocenters. The van der Waals surface area contributed by atoms with Crippen LogP contribution in [0, 0.1) is 0 Å². The van der Waals surface area contributed by atoms with Crippen LogP contribution in [0.5, 0.6) is 5.75 Å². The van der Waals surface area contributed by atoms with Gasteiger partial charge in [0.15, 0.2) is 0 Å². The van der Waals surface area contributed by atoms with Crippen molar-refractivity contribution in [2.75, 3.05) is 6.54 Å². The predicted molar refractivity (Wildman–Crippen MR) is 90.4 cm³/mol. The summed E-state index contributed by atoms with van der Waals surface area (Å²) in [5.41, 5.74) is 7.77. The van der Waals surface area contributed by atoms with Crippen LogP contribution in [0.25, 0.3) is 0 Å². The van der Waals surface area contributed by atoms with Crippen LogP contribution in [0.2, 0.25) is 5.02 Å². The highest BCUT2D eigenvalue weighted by Crippen LogP contribution is 2.35. The summed E-state index contributed by atoms with van der Waals surface area (Å²) in [7, 11) is 0. The van der Waals surface area contributed by atoms with Gasteiger partial charge in [-0.15, -0.1) is 0 Å². The van der Waals surface area contributed by atoms with E-state index in [1.165, 1.54) is 5.56 Å². The molecule has 5 heteroatoms. The first kappa shape index (κ1) is 15.8. The van der Waals surface area contributed by atoms with E-state index in [9.17, 15) is 0 Å². The van der Waals surface area contributed by atoms with Crippen LogP contribution in [-0.4, -0.2) is 6.54 Å². The average Bonchev–Trinajstić information content (AvgIpc) is 2.38. The Morgan fingerprint density at radius 1 is 1.05 bits per heavy atom. The summed E-state index contributed by atoms with van der Waals surface area (Å²) in [6.07, 6.45) is 0.839. The molecule has 0 heterocycles. The fourth-order valence-corrected chi connectivity index (χ4v) is 3.57. The molecule has 0 amide bonds. The Morgan fingerprint density at radius 3 is 2.35 bits per heavy atom. The molecule has 0 aliphatic carbocycles. The highest BCUT2D eigenvalue weighted by Gasteiger charge is 2.09. The van der Waals surface area contributed by atoms with Gasteiger partial charge in [0.1, 0.15) is 12.4 Å². The molecule has 2 nitrogen and oxygen atoms in total. The maximum atomic E-state index is 5.96. The average molecular weight is 420 g/mol. The minimum Gasteiger partial charge on any atom is -0.487 e. The number of rotatable bonds is 5. The maximum absolute atomic E-state index is 5.96. The van der Waals surface area contributed by atoms with Gasteiger partial charge >= 0.3 is 0 Å². The van der Waals surface area contributed by atoms with Crippen molar-refractivity contribution in [3.8, 4) is 5.75 Å². The van der Waals surface area contributed by atoms with Gasteiger partial charge in [0.2, 0.25) is 0 Å². The molecule has 0 aromatic heterocycles. The van der Waals surface area contributed by atoms with Crippen molar-refractivity contribution >= 4 is 43.5 Å². The smallest absolute Gasteiger partial charge is 0.148 e. The number of hydrogen-bond acceptors (Lipinski definition) is 2. The molecule has 0 aliphatic heterocycles. The Kier molecular flexibility index (Phi) is 5.90. The van der Waals surface area contributed by atoms with Gasteiger partial charge in [0.05, 0.1) is 8.95 Å². The van der Waals surface area contributed by atoms with Crippen LogP contribution in [0.4, 0.5) is 0 Å². The van der Waals surface area contributed by atoms with Crippen molar-refractivity contribution in [1.82, 2.24) is 0 Å². The van der Waals surface area contributed by atoms with E-state index in [2.05, 4.69) is 31.9 Å². The zero-order valence-electron chi connectivity index (χ0n) is 10.7. The molecular formula is C15H14Br2ClNO. The van der Waals surface area contributed by atoms with Crippen LogP contribution in [0.3, 0.4) is 0 Å². The molecule has 0 saturated heterocycles. The minimum atomic E-state index is 0.466. The van der Waals surface area contributed by atoms with E-state index in [0.717, 1.165) is 26.7 Å². The maximum Gasteiger partial charge on any atom is 0.148 e. The lowest BCUT2D eigenvalue weighted by molar-refractivity contribution is 0.302. The van der Waals surface area contributed by atoms with E-state index in [-0.39, 0.29) is 0 Å². The first-order valence-corrected chi connectivity index (χ1v) is 8.12. The first-order valence-electron chi connectivity index (χ1n) is 6.15. The van der Waals surface area contributed by atoms with E-state index in [1.807, 2.05) is 36.4 Å². The minimum absolute atomic E-state index is 0.466. The standard InChI is InChI=1S/C15H14Br2ClNO/c16-13-7-10(4-5-19)8-14(17)15(13)20-9-11-2-1-3-12(18)6-11/h1-3,6-8H,4-5,9,19H2. The Morgan fingerprint density at radius 2 is 1.75 bits per heavy atom. The van der Waals surface area contributed by atoms with Gasteiger partial charge < -0.3 is 10.5 Å². The SMILES string of the molecule is NCCc1cc(Br)c(OCc2cccc(Cl)c2)c(Br)c1. The zero-order chi connectivity index (χ0) is 14.5. The Balaban J connectivity index is 2.13. The van der Waals surface area contributed by atoms with Crippen LogP contribution >= 0.6 is 43.5 Å². The lowest BCUT2D eigenvalue weighted by Gasteiger charge is -2.12. The molecule has 20 heavy (non-hydrogen) atoms. The number of benzene rings is 2. The van der Waals surface area contributed by atoms with Crippen LogP contribution in [0.15, 0.2) is 45.3 Å². The molecule has 2 aromatic rings. The second kappa shape index (κ2) is 7.46. The van der Waals surface area contributed by atoms with E-state index >= 15 is 0 Å². The molecule has 0 atom stereocenters. The summed E-state index contributed by atoms with van der Waals surface area (Å²) in [5.74, 6) is 0.783. The molecule has 0 radical (unpaired) electrons. The quantitative estimate of drug-likeness (QED) is 0.745. The molecule has 0 saturated carbocycles. The molecule has 2 rings (SSSR count). The monoisotopic (exact) mass is 417 g/mol. The molecule has 106 valence electrons. The van der Waals surface area contributed by atoms with Crippen LogP contribution in [0.1, 0.15) is 11.1 Å². The molecule has 0 fully saturated rings. The van der Waals surface area contributed by atoms with Gasteiger partial charge in [-0.05, 0) is 80.2 Å². The van der Waals surface area contributed by atoms with E-state index in [4.69, 9.17) is 22.1 Å². The number of halogens is 3. The largest absolute Gasteiger partial charge is 0.487 e. The summed E-state index contributed by atoms with van der Waals surface area (Å²) in [4.78, 5) is 0. The van der Waals surface area contributed by atoms with E-state index < -0.39 is 0 Å². The van der Waals surface area contributed by atoms with Gasteiger partial charge in [-0.2, -0.15) is 0 Å². The normalized spacial score (nSPS) is 10.6. The highest BCUT2D eigenvalue weighted by atomic mass is 79.9. The second-order valence-corrected chi connectivity index (χ2v) is 6.49. The summed E-state index contributed by atoms with van der Waals surface area (Å²) >= 11 is 13.0. The summed E-state index contributed by atoms with van der Waals surface area (Å²) in [6.45, 7) is 1.09. The number of ether oxygens (including phenoxy) is 1. The fraction of sp³-hybridized carbons (Fsp3) is 0.200. The zero-order valence-corrected chi connectivity index (χ0v) is 14.6. The van der Waals surface area contributed by atoms with Crippen LogP contribution < -0.4 is 10.5 Å². The predicted octanol–water partition coefficient (Wildman–Crippen LogP) is 4.95. The molecule has 0 bridgehead atoms. The van der Waals surface area contributed by atoms with Crippen molar-refractivity contribution < 1.29 is 4.74 Å². The van der Waals surface area contributed by atoms with Crippen molar-refractivity contribution in [3.63, 3.8) is 0 Å². The lowest BCUT2D eigenvalue weighted by Crippen LogP contribution is -2.03. The third-order valence-corrected chi connectivity index (χ3v) is 4.18. The third kappa shape index (κ3) is 4.22. The van der Waals surface area contributed by atoms with Gasteiger partial charge in [0, 0.05) is 5.02 Å². The van der Waals surface area contributed by atoms with E-state index in [1.54, 1.807) is 0 Å². The summed E-state index contributed by atoms with van der Waals surface area (Å²) in [5, 5.41) is 0.711.